The number of Topliss-reactive ketones (excluding diaryl/α,β-unsaturated/α-hetero) is 1. The van der Waals surface area contributed by atoms with E-state index in [-0.39, 0.29) is 59.7 Å². The SMILES string of the molecule is C=CCOC(=O)O[C@H](C)C1C(=O)C2C(C(=O)OCC=C)=C(CSC(=O)Oc3cc(CCCCC)cc(O)c3[C@@H]3C=C(C)CC[C@H]3C(=C)C)[C@H](C)C21. The molecule has 276 valence electrons. The number of aromatic hydroxyl groups is 1. The molecule has 3 aliphatic rings. The standard InChI is InChI=1S/C41H52O9S/c1-9-12-13-14-27-20-31(42)35(29-19-24(6)15-16-28(29)23(4)5)32(21-27)50-41(46)51-22-30-25(7)33-34(26(8)49-40(45)48-18-11-3)38(43)37(33)36(30)39(44)47-17-10-2/h10-11,19-21,25-26,28-29,33-34,37,42H,2-4,9,12-18,22H2,1,5-8H3/t25-,26+,28-,29+,33?,34?,37?/m0/s1. The number of thioether (sulfide) groups is 1. The van der Waals surface area contributed by atoms with Gasteiger partial charge in [-0.1, -0.05) is 75.8 Å². The maximum absolute atomic E-state index is 13.7. The van der Waals surface area contributed by atoms with E-state index in [9.17, 15) is 24.3 Å². The number of phenols is 1. The Kier molecular flexibility index (Phi) is 14.0. The van der Waals surface area contributed by atoms with Gasteiger partial charge in [0.05, 0.1) is 11.8 Å². The number of hydrogen-bond acceptors (Lipinski definition) is 10. The van der Waals surface area contributed by atoms with E-state index >= 15 is 0 Å². The van der Waals surface area contributed by atoms with Gasteiger partial charge in [-0.2, -0.15) is 0 Å². The molecule has 1 N–H and O–H groups in total. The average Bonchev–Trinajstić information content (AvgIpc) is 3.32. The molecule has 0 radical (unpaired) electrons. The molecular weight excluding hydrogens is 669 g/mol. The summed E-state index contributed by atoms with van der Waals surface area (Å²) in [7, 11) is 0. The van der Waals surface area contributed by atoms with Crippen LogP contribution in [0.15, 0.2) is 72.4 Å². The molecule has 1 aromatic rings. The van der Waals surface area contributed by atoms with Gasteiger partial charge >= 0.3 is 17.4 Å². The van der Waals surface area contributed by atoms with Crippen molar-refractivity contribution < 1.29 is 43.2 Å². The molecule has 0 amide bonds. The molecular formula is C41H52O9S. The first-order valence-electron chi connectivity index (χ1n) is 17.9. The Labute approximate surface area is 306 Å². The lowest BCUT2D eigenvalue weighted by Crippen LogP contribution is -2.54. The summed E-state index contributed by atoms with van der Waals surface area (Å²) in [4.78, 5) is 52.7. The Morgan fingerprint density at radius 2 is 1.82 bits per heavy atom. The maximum atomic E-state index is 13.7. The molecule has 0 aliphatic heterocycles. The van der Waals surface area contributed by atoms with Crippen LogP contribution in [0.2, 0.25) is 0 Å². The lowest BCUT2D eigenvalue weighted by Gasteiger charge is -2.44. The third kappa shape index (κ3) is 9.07. The van der Waals surface area contributed by atoms with E-state index in [0.29, 0.717) is 16.9 Å². The van der Waals surface area contributed by atoms with Gasteiger partial charge in [-0.3, -0.25) is 4.79 Å². The van der Waals surface area contributed by atoms with Crippen molar-refractivity contribution in [1.82, 2.24) is 0 Å². The highest BCUT2D eigenvalue weighted by Gasteiger charge is 2.62. The number of esters is 1. The van der Waals surface area contributed by atoms with Gasteiger partial charge in [0.1, 0.15) is 36.6 Å². The molecule has 0 heterocycles. The van der Waals surface area contributed by atoms with Crippen molar-refractivity contribution in [2.24, 2.45) is 29.6 Å². The number of aryl methyl sites for hydroxylation is 1. The molecule has 10 heteroatoms. The molecule has 4 rings (SSSR count). The molecule has 0 spiro atoms. The highest BCUT2D eigenvalue weighted by atomic mass is 32.2. The molecule has 0 aromatic heterocycles. The summed E-state index contributed by atoms with van der Waals surface area (Å²) in [5, 5.41) is 10.8. The Balaban J connectivity index is 1.60. The van der Waals surface area contributed by atoms with Gasteiger partial charge in [-0.05, 0) is 99.2 Å². The smallest absolute Gasteiger partial charge is 0.507 e. The molecule has 1 saturated carbocycles. The van der Waals surface area contributed by atoms with Crippen LogP contribution in [0.4, 0.5) is 9.59 Å². The lowest BCUT2D eigenvalue weighted by atomic mass is 9.59. The van der Waals surface area contributed by atoms with Gasteiger partial charge in [0, 0.05) is 22.8 Å². The number of hydrogen-bond donors (Lipinski definition) is 1. The summed E-state index contributed by atoms with van der Waals surface area (Å²) in [5.41, 5.74) is 4.49. The number of phenolic OH excluding ortho intramolecular Hbond substituents is 1. The van der Waals surface area contributed by atoms with E-state index in [1.165, 1.54) is 17.7 Å². The Morgan fingerprint density at radius 1 is 1.12 bits per heavy atom. The normalized spacial score (nSPS) is 24.4. The van der Waals surface area contributed by atoms with Gasteiger partial charge in [0.2, 0.25) is 0 Å². The minimum absolute atomic E-state index is 0.0271. The third-order valence-corrected chi connectivity index (χ3v) is 11.2. The first-order chi connectivity index (χ1) is 24.3. The Hall–Kier alpha value is -4.05. The second-order valence-electron chi connectivity index (χ2n) is 13.9. The van der Waals surface area contributed by atoms with Crippen LogP contribution in [0.3, 0.4) is 0 Å². The van der Waals surface area contributed by atoms with Gasteiger partial charge in [-0.25, -0.2) is 14.4 Å². The monoisotopic (exact) mass is 720 g/mol. The first-order valence-corrected chi connectivity index (χ1v) is 18.8. The van der Waals surface area contributed by atoms with Crippen LogP contribution in [0.1, 0.15) is 83.8 Å². The minimum atomic E-state index is -0.908. The third-order valence-electron chi connectivity index (χ3n) is 10.4. The maximum Gasteiger partial charge on any atom is 0.508 e. The summed E-state index contributed by atoms with van der Waals surface area (Å²) in [6, 6.07) is 3.64. The Bertz CT molecular complexity index is 1600. The lowest BCUT2D eigenvalue weighted by molar-refractivity contribution is -0.153. The van der Waals surface area contributed by atoms with E-state index in [1.807, 2.05) is 19.9 Å². The molecule has 51 heavy (non-hydrogen) atoms. The van der Waals surface area contributed by atoms with Gasteiger partial charge in [0.15, 0.2) is 0 Å². The van der Waals surface area contributed by atoms with Crippen molar-refractivity contribution in [2.75, 3.05) is 19.0 Å². The zero-order chi connectivity index (χ0) is 37.4. The summed E-state index contributed by atoms with van der Waals surface area (Å²) < 4.78 is 21.8. The van der Waals surface area contributed by atoms with E-state index in [2.05, 4.69) is 39.7 Å². The molecule has 1 aromatic carbocycles. The summed E-state index contributed by atoms with van der Waals surface area (Å²) >= 11 is 0.888. The van der Waals surface area contributed by atoms with Crippen LogP contribution in [-0.4, -0.2) is 53.4 Å². The second-order valence-corrected chi connectivity index (χ2v) is 14.8. The number of ether oxygens (including phenoxy) is 4. The number of fused-ring (bicyclic) bond motifs is 1. The van der Waals surface area contributed by atoms with Crippen molar-refractivity contribution in [3.05, 3.63) is 83.5 Å². The van der Waals surface area contributed by atoms with Crippen LogP contribution in [0.5, 0.6) is 11.5 Å². The summed E-state index contributed by atoms with van der Waals surface area (Å²) in [5.74, 6) is -2.57. The number of allylic oxidation sites excluding steroid dienone is 3. The average molecular weight is 721 g/mol. The predicted molar refractivity (Wildman–Crippen MR) is 199 cm³/mol. The second kappa shape index (κ2) is 17.9. The minimum Gasteiger partial charge on any atom is -0.507 e. The molecule has 0 saturated heterocycles. The van der Waals surface area contributed by atoms with Crippen molar-refractivity contribution >= 4 is 35.0 Å². The zero-order valence-corrected chi connectivity index (χ0v) is 31.4. The quantitative estimate of drug-likeness (QED) is 0.100. The number of carbonyl (C=O) groups excluding carboxylic acids is 4. The van der Waals surface area contributed by atoms with Crippen LogP contribution in [0, 0.1) is 29.6 Å². The predicted octanol–water partition coefficient (Wildman–Crippen LogP) is 9.21. The van der Waals surface area contributed by atoms with Crippen LogP contribution >= 0.6 is 11.8 Å². The van der Waals surface area contributed by atoms with Crippen molar-refractivity contribution in [3.8, 4) is 11.5 Å². The van der Waals surface area contributed by atoms with Gasteiger partial charge < -0.3 is 24.1 Å². The fraction of sp³-hybridized carbons (Fsp3) is 0.512. The summed E-state index contributed by atoms with van der Waals surface area (Å²) in [6.07, 6.45) is 8.85. The van der Waals surface area contributed by atoms with E-state index in [0.717, 1.165) is 61.4 Å². The largest absolute Gasteiger partial charge is 0.508 e. The fourth-order valence-electron chi connectivity index (χ4n) is 7.87. The van der Waals surface area contributed by atoms with E-state index in [1.54, 1.807) is 13.0 Å². The Morgan fingerprint density at radius 3 is 2.49 bits per heavy atom. The number of benzene rings is 1. The van der Waals surface area contributed by atoms with E-state index in [4.69, 9.17) is 18.9 Å². The number of carbonyl (C=O) groups is 4. The first kappa shape index (κ1) is 39.7. The molecule has 9 nitrogen and oxygen atoms in total. The van der Waals surface area contributed by atoms with E-state index < -0.39 is 35.4 Å². The summed E-state index contributed by atoms with van der Waals surface area (Å²) in [6.45, 7) is 21.0. The molecule has 3 aliphatic carbocycles. The van der Waals surface area contributed by atoms with Crippen molar-refractivity contribution in [3.63, 3.8) is 0 Å². The fourth-order valence-corrected chi connectivity index (χ4v) is 8.71. The van der Waals surface area contributed by atoms with Crippen molar-refractivity contribution in [1.29, 1.82) is 0 Å². The van der Waals surface area contributed by atoms with Gasteiger partial charge in [-0.15, -0.1) is 0 Å². The number of rotatable bonds is 16. The zero-order valence-electron chi connectivity index (χ0n) is 30.5. The highest BCUT2D eigenvalue weighted by Crippen LogP contribution is 2.57. The number of unbranched alkanes of at least 4 members (excludes halogenated alkanes) is 2. The number of ketones is 1. The molecule has 3 unspecified atom stereocenters. The molecule has 0 bridgehead atoms. The van der Waals surface area contributed by atoms with Crippen molar-refractivity contribution in [2.45, 2.75) is 85.2 Å². The highest BCUT2D eigenvalue weighted by molar-refractivity contribution is 8.13. The molecule has 7 atom stereocenters. The molecule has 1 fully saturated rings. The van der Waals surface area contributed by atoms with Crippen LogP contribution in [-0.2, 0) is 30.2 Å². The van der Waals surface area contributed by atoms with Crippen LogP contribution < -0.4 is 4.74 Å². The van der Waals surface area contributed by atoms with Crippen LogP contribution in [0.25, 0.3) is 0 Å². The van der Waals surface area contributed by atoms with Gasteiger partial charge in [0.25, 0.3) is 0 Å². The topological polar surface area (TPSA) is 125 Å².